The van der Waals surface area contributed by atoms with Crippen LogP contribution in [0, 0.1) is 11.3 Å². The van der Waals surface area contributed by atoms with E-state index in [-0.39, 0.29) is 5.54 Å². The second-order valence-corrected chi connectivity index (χ2v) is 6.83. The zero-order valence-corrected chi connectivity index (χ0v) is 12.7. The van der Waals surface area contributed by atoms with E-state index in [1.165, 1.54) is 11.3 Å². The molecule has 1 fully saturated rings. The van der Waals surface area contributed by atoms with Crippen molar-refractivity contribution in [1.29, 1.82) is 5.26 Å². The molecular formula is C15H19ClN2S. The first kappa shape index (κ1) is 14.7. The van der Waals surface area contributed by atoms with E-state index in [4.69, 9.17) is 11.6 Å². The third-order valence-electron chi connectivity index (χ3n) is 3.53. The number of hydrogen-bond acceptors (Lipinski definition) is 3. The van der Waals surface area contributed by atoms with Crippen molar-refractivity contribution in [1.82, 2.24) is 5.32 Å². The minimum atomic E-state index is -0.330. The van der Waals surface area contributed by atoms with Crippen LogP contribution in [-0.2, 0) is 0 Å². The molecule has 2 rings (SSSR count). The van der Waals surface area contributed by atoms with Crippen LogP contribution in [-0.4, -0.2) is 17.3 Å². The van der Waals surface area contributed by atoms with E-state index in [9.17, 15) is 5.26 Å². The summed E-state index contributed by atoms with van der Waals surface area (Å²) in [6, 6.07) is 10.5. The summed E-state index contributed by atoms with van der Waals surface area (Å²) in [5, 5.41) is 14.1. The van der Waals surface area contributed by atoms with Crippen LogP contribution in [0.4, 0.5) is 0 Å². The van der Waals surface area contributed by atoms with E-state index < -0.39 is 0 Å². The Morgan fingerprint density at radius 3 is 3.11 bits per heavy atom. The number of benzene rings is 1. The molecule has 0 heterocycles. The zero-order chi connectivity index (χ0) is 13.7. The summed E-state index contributed by atoms with van der Waals surface area (Å²) >= 11 is 7.86. The number of thioether (sulfide) groups is 1. The van der Waals surface area contributed by atoms with Gasteiger partial charge in [-0.2, -0.15) is 5.26 Å². The number of hydrogen-bond donors (Lipinski definition) is 1. The molecule has 2 atom stereocenters. The van der Waals surface area contributed by atoms with Crippen LogP contribution in [0.5, 0.6) is 0 Å². The third-order valence-corrected chi connectivity index (χ3v) is 5.03. The Balaban J connectivity index is 2.03. The molecule has 2 unspecified atom stereocenters. The fourth-order valence-electron chi connectivity index (χ4n) is 2.70. The van der Waals surface area contributed by atoms with Crippen molar-refractivity contribution in [2.75, 3.05) is 6.54 Å². The van der Waals surface area contributed by atoms with Gasteiger partial charge in [0.25, 0.3) is 0 Å². The summed E-state index contributed by atoms with van der Waals surface area (Å²) in [5.41, 5.74) is -0.330. The number of halogens is 1. The first-order valence-electron chi connectivity index (χ1n) is 6.76. The molecule has 19 heavy (non-hydrogen) atoms. The minimum Gasteiger partial charge on any atom is -0.300 e. The molecule has 0 saturated heterocycles. The highest BCUT2D eigenvalue weighted by Crippen LogP contribution is 2.38. The molecule has 102 valence electrons. The van der Waals surface area contributed by atoms with Crippen LogP contribution in [0.15, 0.2) is 29.2 Å². The number of nitrogens with zero attached hydrogens (tertiary/aromatic N) is 1. The van der Waals surface area contributed by atoms with Gasteiger partial charge in [0.05, 0.1) is 6.07 Å². The molecule has 1 aliphatic carbocycles. The predicted octanol–water partition coefficient (Wildman–Crippen LogP) is 4.25. The van der Waals surface area contributed by atoms with Crippen molar-refractivity contribution in [2.24, 2.45) is 0 Å². The molecule has 0 radical (unpaired) electrons. The van der Waals surface area contributed by atoms with Crippen LogP contribution in [0.1, 0.15) is 32.6 Å². The molecule has 0 bridgehead atoms. The van der Waals surface area contributed by atoms with Gasteiger partial charge in [-0.1, -0.05) is 24.6 Å². The lowest BCUT2D eigenvalue weighted by molar-refractivity contribution is 0.309. The van der Waals surface area contributed by atoms with Gasteiger partial charge in [-0.15, -0.1) is 11.8 Å². The van der Waals surface area contributed by atoms with E-state index in [0.29, 0.717) is 5.25 Å². The van der Waals surface area contributed by atoms with Gasteiger partial charge in [0.15, 0.2) is 0 Å². The number of nitrogens with one attached hydrogen (secondary N) is 1. The van der Waals surface area contributed by atoms with Crippen molar-refractivity contribution < 1.29 is 0 Å². The molecule has 1 saturated carbocycles. The van der Waals surface area contributed by atoms with E-state index in [0.717, 1.165) is 30.8 Å². The van der Waals surface area contributed by atoms with E-state index in [1.54, 1.807) is 0 Å². The maximum absolute atomic E-state index is 9.46. The Morgan fingerprint density at radius 2 is 2.42 bits per heavy atom. The highest BCUT2D eigenvalue weighted by Gasteiger charge is 2.36. The van der Waals surface area contributed by atoms with Gasteiger partial charge in [0, 0.05) is 15.2 Å². The van der Waals surface area contributed by atoms with Crippen LogP contribution in [0.2, 0.25) is 5.02 Å². The zero-order valence-electron chi connectivity index (χ0n) is 11.2. The maximum atomic E-state index is 9.46. The van der Waals surface area contributed by atoms with Gasteiger partial charge in [-0.3, -0.25) is 5.32 Å². The molecule has 0 amide bonds. The lowest BCUT2D eigenvalue weighted by atomic mass is 9.82. The average molecular weight is 295 g/mol. The molecule has 1 aromatic carbocycles. The first-order chi connectivity index (χ1) is 9.17. The standard InChI is InChI=1S/C15H19ClN2S/c1-2-18-15(11-17)8-4-7-14(10-15)19-13-6-3-5-12(16)9-13/h3,5-6,9,14,18H,2,4,7-8,10H2,1H3. The summed E-state index contributed by atoms with van der Waals surface area (Å²) in [6.07, 6.45) is 4.16. The van der Waals surface area contributed by atoms with Crippen molar-refractivity contribution in [3.63, 3.8) is 0 Å². The molecule has 2 nitrogen and oxygen atoms in total. The highest BCUT2D eigenvalue weighted by atomic mass is 35.5. The fraction of sp³-hybridized carbons (Fsp3) is 0.533. The highest BCUT2D eigenvalue weighted by molar-refractivity contribution is 8.00. The van der Waals surface area contributed by atoms with Gasteiger partial charge in [0.2, 0.25) is 0 Å². The summed E-state index contributed by atoms with van der Waals surface area (Å²) in [7, 11) is 0. The Bertz CT molecular complexity index is 467. The predicted molar refractivity (Wildman–Crippen MR) is 81.6 cm³/mol. The lowest BCUT2D eigenvalue weighted by Crippen LogP contribution is -2.48. The number of rotatable bonds is 4. The molecule has 1 aliphatic rings. The molecule has 4 heteroatoms. The van der Waals surface area contributed by atoms with E-state index in [1.807, 2.05) is 30.0 Å². The van der Waals surface area contributed by atoms with Gasteiger partial charge < -0.3 is 0 Å². The average Bonchev–Trinajstić information content (AvgIpc) is 2.39. The van der Waals surface area contributed by atoms with Crippen LogP contribution in [0.25, 0.3) is 0 Å². The summed E-state index contributed by atoms with van der Waals surface area (Å²) in [6.45, 7) is 2.91. The van der Waals surface area contributed by atoms with Crippen molar-refractivity contribution in [2.45, 2.75) is 48.3 Å². The Morgan fingerprint density at radius 1 is 1.58 bits per heavy atom. The topological polar surface area (TPSA) is 35.8 Å². The number of nitriles is 1. The first-order valence-corrected chi connectivity index (χ1v) is 8.02. The second-order valence-electron chi connectivity index (χ2n) is 5.02. The van der Waals surface area contributed by atoms with Crippen molar-refractivity contribution >= 4 is 23.4 Å². The molecule has 1 aromatic rings. The normalized spacial score (nSPS) is 26.9. The summed E-state index contributed by atoms with van der Waals surface area (Å²) in [4.78, 5) is 1.20. The molecule has 0 aliphatic heterocycles. The minimum absolute atomic E-state index is 0.330. The van der Waals surface area contributed by atoms with Gasteiger partial charge in [-0.25, -0.2) is 0 Å². The van der Waals surface area contributed by atoms with E-state index >= 15 is 0 Å². The second kappa shape index (κ2) is 6.65. The Kier molecular flexibility index (Phi) is 5.15. The fourth-order valence-corrected chi connectivity index (χ4v) is 4.34. The summed E-state index contributed by atoms with van der Waals surface area (Å²) in [5.74, 6) is 0. The monoisotopic (exact) mass is 294 g/mol. The SMILES string of the molecule is CCNC1(C#N)CCCC(Sc2cccc(Cl)c2)C1. The largest absolute Gasteiger partial charge is 0.300 e. The van der Waals surface area contributed by atoms with Crippen LogP contribution < -0.4 is 5.32 Å². The third kappa shape index (κ3) is 3.89. The van der Waals surface area contributed by atoms with Crippen molar-refractivity contribution in [3.8, 4) is 6.07 Å². The molecule has 0 spiro atoms. The van der Waals surface area contributed by atoms with Crippen LogP contribution >= 0.6 is 23.4 Å². The van der Waals surface area contributed by atoms with Gasteiger partial charge in [-0.05, 0) is 50.4 Å². The Hall–Kier alpha value is -0.690. The van der Waals surface area contributed by atoms with Crippen LogP contribution in [0.3, 0.4) is 0 Å². The quantitative estimate of drug-likeness (QED) is 0.902. The van der Waals surface area contributed by atoms with Gasteiger partial charge in [0.1, 0.15) is 5.54 Å². The van der Waals surface area contributed by atoms with E-state index in [2.05, 4.69) is 24.4 Å². The molecule has 0 aromatic heterocycles. The lowest BCUT2D eigenvalue weighted by Gasteiger charge is -2.36. The Labute approximate surface area is 124 Å². The van der Waals surface area contributed by atoms with Gasteiger partial charge >= 0.3 is 0 Å². The maximum Gasteiger partial charge on any atom is 0.107 e. The molecular weight excluding hydrogens is 276 g/mol. The smallest absolute Gasteiger partial charge is 0.107 e. The molecule has 1 N–H and O–H groups in total. The summed E-state index contributed by atoms with van der Waals surface area (Å²) < 4.78 is 0. The van der Waals surface area contributed by atoms with Crippen molar-refractivity contribution in [3.05, 3.63) is 29.3 Å².